The second-order valence-electron chi connectivity index (χ2n) is 4.36. The summed E-state index contributed by atoms with van der Waals surface area (Å²) in [6.45, 7) is 4.34. The van der Waals surface area contributed by atoms with Gasteiger partial charge in [-0.3, -0.25) is 0 Å². The van der Waals surface area contributed by atoms with Crippen molar-refractivity contribution in [3.8, 4) is 0 Å². The molecule has 0 heterocycles. The molecule has 1 unspecified atom stereocenters. The highest BCUT2D eigenvalue weighted by atomic mass is 16.1. The Labute approximate surface area is 84.5 Å². The lowest BCUT2D eigenvalue weighted by Gasteiger charge is -2.30. The monoisotopic (exact) mass is 186 g/mol. The van der Waals surface area contributed by atoms with Crippen molar-refractivity contribution >= 4 is 6.29 Å². The standard InChI is InChI=1S/C13H14O/c1-13(2)7-3-4-11-6-5-10(9-14)8-12(11)13/h3-10H,1-2H3. The van der Waals surface area contributed by atoms with E-state index in [9.17, 15) is 4.79 Å². The van der Waals surface area contributed by atoms with Gasteiger partial charge in [-0.2, -0.15) is 0 Å². The van der Waals surface area contributed by atoms with Gasteiger partial charge in [-0.15, -0.1) is 0 Å². The fourth-order valence-corrected chi connectivity index (χ4v) is 1.95. The molecule has 1 nitrogen and oxygen atoms in total. The summed E-state index contributed by atoms with van der Waals surface area (Å²) in [5, 5.41) is 0. The van der Waals surface area contributed by atoms with E-state index in [0.717, 1.165) is 6.29 Å². The van der Waals surface area contributed by atoms with Gasteiger partial charge in [0.05, 0.1) is 5.92 Å². The van der Waals surface area contributed by atoms with Crippen LogP contribution in [0.1, 0.15) is 13.8 Å². The number of rotatable bonds is 1. The lowest BCUT2D eigenvalue weighted by atomic mass is 9.73. The van der Waals surface area contributed by atoms with Gasteiger partial charge in [0.2, 0.25) is 0 Å². The highest BCUT2D eigenvalue weighted by Gasteiger charge is 2.26. The molecule has 0 aromatic carbocycles. The lowest BCUT2D eigenvalue weighted by Crippen LogP contribution is -2.18. The lowest BCUT2D eigenvalue weighted by molar-refractivity contribution is -0.108. The maximum absolute atomic E-state index is 10.7. The second kappa shape index (κ2) is 3.09. The molecule has 2 rings (SSSR count). The van der Waals surface area contributed by atoms with E-state index in [1.807, 2.05) is 12.2 Å². The van der Waals surface area contributed by atoms with E-state index >= 15 is 0 Å². The van der Waals surface area contributed by atoms with Crippen LogP contribution in [0.25, 0.3) is 0 Å². The SMILES string of the molecule is CC1(C)C=CC=C2C=CC(C=O)C=C21. The number of aldehydes is 1. The Morgan fingerprint density at radius 2 is 2.21 bits per heavy atom. The van der Waals surface area contributed by atoms with Gasteiger partial charge in [-0.25, -0.2) is 0 Å². The maximum Gasteiger partial charge on any atom is 0.130 e. The van der Waals surface area contributed by atoms with E-state index in [0.29, 0.717) is 0 Å². The third kappa shape index (κ3) is 1.39. The van der Waals surface area contributed by atoms with Gasteiger partial charge in [0.25, 0.3) is 0 Å². The Bertz CT molecular complexity index is 378. The number of carbonyl (C=O) groups is 1. The normalized spacial score (nSPS) is 27.7. The highest BCUT2D eigenvalue weighted by molar-refractivity contribution is 5.65. The topological polar surface area (TPSA) is 17.1 Å². The Morgan fingerprint density at radius 1 is 1.43 bits per heavy atom. The first-order valence-corrected chi connectivity index (χ1v) is 4.89. The smallest absolute Gasteiger partial charge is 0.130 e. The van der Waals surface area contributed by atoms with Crippen molar-refractivity contribution in [3.05, 3.63) is 47.6 Å². The molecule has 0 aromatic heterocycles. The van der Waals surface area contributed by atoms with Crippen LogP contribution in [0.15, 0.2) is 47.6 Å². The number of fused-ring (bicyclic) bond motifs is 1. The Morgan fingerprint density at radius 3 is 2.93 bits per heavy atom. The van der Waals surface area contributed by atoms with Crippen LogP contribution >= 0.6 is 0 Å². The van der Waals surface area contributed by atoms with Crippen molar-refractivity contribution in [2.75, 3.05) is 0 Å². The molecule has 0 N–H and O–H groups in total. The molecule has 0 saturated heterocycles. The van der Waals surface area contributed by atoms with Crippen LogP contribution in [-0.2, 0) is 4.79 Å². The molecule has 0 spiro atoms. The van der Waals surface area contributed by atoms with E-state index in [2.05, 4.69) is 38.2 Å². The van der Waals surface area contributed by atoms with Crippen molar-refractivity contribution in [2.24, 2.45) is 11.3 Å². The third-order valence-corrected chi connectivity index (χ3v) is 2.81. The highest BCUT2D eigenvalue weighted by Crippen LogP contribution is 2.39. The summed E-state index contributed by atoms with van der Waals surface area (Å²) < 4.78 is 0. The zero-order chi connectivity index (χ0) is 10.2. The van der Waals surface area contributed by atoms with Crippen LogP contribution < -0.4 is 0 Å². The molecule has 1 heteroatoms. The summed E-state index contributed by atoms with van der Waals surface area (Å²) in [4.78, 5) is 10.7. The summed E-state index contributed by atoms with van der Waals surface area (Å²) in [6, 6.07) is 0. The average molecular weight is 186 g/mol. The summed E-state index contributed by atoms with van der Waals surface area (Å²) >= 11 is 0. The van der Waals surface area contributed by atoms with Gasteiger partial charge in [-0.05, 0) is 11.1 Å². The van der Waals surface area contributed by atoms with E-state index in [4.69, 9.17) is 0 Å². The van der Waals surface area contributed by atoms with Crippen LogP contribution in [0.5, 0.6) is 0 Å². The zero-order valence-electron chi connectivity index (χ0n) is 8.53. The average Bonchev–Trinajstić information content (AvgIpc) is 2.17. The molecule has 0 radical (unpaired) electrons. The molecule has 0 aromatic rings. The van der Waals surface area contributed by atoms with Crippen LogP contribution in [-0.4, -0.2) is 6.29 Å². The Hall–Kier alpha value is -1.37. The molecule has 72 valence electrons. The first-order valence-electron chi connectivity index (χ1n) is 4.89. The largest absolute Gasteiger partial charge is 0.302 e. The molecule has 14 heavy (non-hydrogen) atoms. The van der Waals surface area contributed by atoms with Crippen LogP contribution in [0.4, 0.5) is 0 Å². The minimum Gasteiger partial charge on any atom is -0.302 e. The van der Waals surface area contributed by atoms with E-state index < -0.39 is 0 Å². The molecule has 1 atom stereocenters. The van der Waals surface area contributed by atoms with Crippen molar-refractivity contribution in [2.45, 2.75) is 13.8 Å². The maximum atomic E-state index is 10.7. The molecular weight excluding hydrogens is 172 g/mol. The van der Waals surface area contributed by atoms with Crippen molar-refractivity contribution in [3.63, 3.8) is 0 Å². The van der Waals surface area contributed by atoms with Gasteiger partial charge in [0.1, 0.15) is 6.29 Å². The quantitative estimate of drug-likeness (QED) is 0.575. The molecular formula is C13H14O. The minimum atomic E-state index is -0.0482. The van der Waals surface area contributed by atoms with Gasteiger partial charge >= 0.3 is 0 Å². The van der Waals surface area contributed by atoms with E-state index in [1.165, 1.54) is 11.1 Å². The first-order chi connectivity index (χ1) is 6.63. The molecule has 0 saturated carbocycles. The zero-order valence-corrected chi connectivity index (χ0v) is 8.53. The summed E-state index contributed by atoms with van der Waals surface area (Å²) in [6.07, 6.45) is 13.4. The van der Waals surface area contributed by atoms with E-state index in [-0.39, 0.29) is 11.3 Å². The first kappa shape index (κ1) is 9.20. The predicted octanol–water partition coefficient (Wildman–Crippen LogP) is 2.82. The van der Waals surface area contributed by atoms with Gasteiger partial charge in [0, 0.05) is 5.41 Å². The molecule has 0 aliphatic heterocycles. The summed E-state index contributed by atoms with van der Waals surface area (Å²) in [7, 11) is 0. The van der Waals surface area contributed by atoms with Crippen molar-refractivity contribution in [1.29, 1.82) is 0 Å². The number of carbonyl (C=O) groups excluding carboxylic acids is 1. The molecule has 2 aliphatic rings. The van der Waals surface area contributed by atoms with Crippen LogP contribution in [0, 0.1) is 11.3 Å². The molecule has 2 aliphatic carbocycles. The van der Waals surface area contributed by atoms with Crippen LogP contribution in [0.2, 0.25) is 0 Å². The van der Waals surface area contributed by atoms with E-state index in [1.54, 1.807) is 0 Å². The Kier molecular flexibility index (Phi) is 2.03. The summed E-state index contributed by atoms with van der Waals surface area (Å²) in [5.41, 5.74) is 2.55. The molecule has 0 fully saturated rings. The van der Waals surface area contributed by atoms with Crippen LogP contribution in [0.3, 0.4) is 0 Å². The third-order valence-electron chi connectivity index (χ3n) is 2.81. The Balaban J connectivity index is 2.45. The minimum absolute atomic E-state index is 0.0482. The fraction of sp³-hybridized carbons (Fsp3) is 0.308. The molecule has 0 amide bonds. The number of hydrogen-bond donors (Lipinski definition) is 0. The van der Waals surface area contributed by atoms with Gasteiger partial charge in [0.15, 0.2) is 0 Å². The summed E-state index contributed by atoms with van der Waals surface area (Å²) in [5.74, 6) is -0.0482. The number of allylic oxidation sites excluding steroid dienone is 8. The molecule has 0 bridgehead atoms. The predicted molar refractivity (Wildman–Crippen MR) is 57.8 cm³/mol. The number of hydrogen-bond acceptors (Lipinski definition) is 1. The van der Waals surface area contributed by atoms with Crippen molar-refractivity contribution < 1.29 is 4.79 Å². The fourth-order valence-electron chi connectivity index (χ4n) is 1.95. The van der Waals surface area contributed by atoms with Gasteiger partial charge in [-0.1, -0.05) is 50.3 Å². The van der Waals surface area contributed by atoms with Gasteiger partial charge < -0.3 is 4.79 Å². The van der Waals surface area contributed by atoms with Crippen molar-refractivity contribution in [1.82, 2.24) is 0 Å². The second-order valence-corrected chi connectivity index (χ2v) is 4.36.